The summed E-state index contributed by atoms with van der Waals surface area (Å²) in [6.07, 6.45) is 7.04. The number of carbonyl (C=O) groups is 1. The molecule has 0 unspecified atom stereocenters. The van der Waals surface area contributed by atoms with Gasteiger partial charge in [-0.3, -0.25) is 14.7 Å². The molecule has 0 fully saturated rings. The number of imidazole rings is 1. The van der Waals surface area contributed by atoms with Crippen molar-refractivity contribution in [2.75, 3.05) is 12.4 Å². The molecule has 0 saturated carbocycles. The summed E-state index contributed by atoms with van der Waals surface area (Å²) in [6.45, 7) is 1.79. The summed E-state index contributed by atoms with van der Waals surface area (Å²) in [6, 6.07) is 9.75. The number of carbonyl (C=O) groups excluding carboxylic acids is 1. The van der Waals surface area contributed by atoms with Gasteiger partial charge >= 0.3 is 0 Å². The van der Waals surface area contributed by atoms with Gasteiger partial charge in [0.15, 0.2) is 0 Å². The van der Waals surface area contributed by atoms with Crippen molar-refractivity contribution < 1.29 is 4.79 Å². The number of aromatic nitrogens is 4. The van der Waals surface area contributed by atoms with E-state index in [0.717, 1.165) is 35.2 Å². The maximum Gasteiger partial charge on any atom is 0.256 e. The number of aryl methyl sites for hydroxylation is 1. The Bertz CT molecular complexity index is 1250. The third-order valence-corrected chi connectivity index (χ3v) is 5.27. The molecule has 5 rings (SSSR count). The van der Waals surface area contributed by atoms with Crippen LogP contribution in [0.15, 0.2) is 55.2 Å². The second kappa shape index (κ2) is 6.79. The van der Waals surface area contributed by atoms with Crippen molar-refractivity contribution in [1.82, 2.24) is 24.4 Å². The molecule has 7 nitrogen and oxygen atoms in total. The summed E-state index contributed by atoms with van der Waals surface area (Å²) in [5.41, 5.74) is 5.84. The van der Waals surface area contributed by atoms with Crippen LogP contribution in [0.25, 0.3) is 22.2 Å². The lowest BCUT2D eigenvalue weighted by Crippen LogP contribution is -2.13. The van der Waals surface area contributed by atoms with Crippen molar-refractivity contribution in [3.05, 3.63) is 71.9 Å². The lowest BCUT2D eigenvalue weighted by molar-refractivity contribution is 0.102. The fourth-order valence-corrected chi connectivity index (χ4v) is 3.77. The Hall–Kier alpha value is -3.58. The van der Waals surface area contributed by atoms with Gasteiger partial charge in [-0.1, -0.05) is 6.07 Å². The molecule has 0 saturated heterocycles. The van der Waals surface area contributed by atoms with Crippen LogP contribution in [0.5, 0.6) is 0 Å². The Morgan fingerprint density at radius 1 is 1.00 bits per heavy atom. The summed E-state index contributed by atoms with van der Waals surface area (Å²) in [7, 11) is 4.02. The smallest absolute Gasteiger partial charge is 0.256 e. The van der Waals surface area contributed by atoms with E-state index in [1.807, 2.05) is 41.9 Å². The highest BCUT2D eigenvalue weighted by molar-refractivity contribution is 6.04. The lowest BCUT2D eigenvalue weighted by Gasteiger charge is -2.08. The number of nitrogens with one attached hydrogen (secondary N) is 1. The molecule has 1 aliphatic heterocycles. The number of anilines is 1. The van der Waals surface area contributed by atoms with Gasteiger partial charge in [0.25, 0.3) is 5.91 Å². The van der Waals surface area contributed by atoms with Gasteiger partial charge in [-0.05, 0) is 42.4 Å². The normalized spacial score (nSPS) is 13.6. The quantitative estimate of drug-likeness (QED) is 0.587. The molecule has 0 spiro atoms. The van der Waals surface area contributed by atoms with Crippen LogP contribution < -0.4 is 5.32 Å². The Morgan fingerprint density at radius 3 is 2.69 bits per heavy atom. The van der Waals surface area contributed by atoms with Crippen molar-refractivity contribution >= 4 is 22.6 Å². The van der Waals surface area contributed by atoms with Crippen LogP contribution in [0.4, 0.5) is 5.82 Å². The minimum atomic E-state index is -0.162. The molecular weight excluding hydrogens is 364 g/mol. The van der Waals surface area contributed by atoms with Gasteiger partial charge in [0.1, 0.15) is 5.82 Å². The molecule has 1 N–H and O–H groups in total. The lowest BCUT2D eigenvalue weighted by atomic mass is 10.1. The van der Waals surface area contributed by atoms with E-state index in [4.69, 9.17) is 0 Å². The minimum Gasteiger partial charge on any atom is -0.334 e. The molecule has 0 radical (unpaired) electrons. The number of fused-ring (bicyclic) bond motifs is 2. The van der Waals surface area contributed by atoms with E-state index < -0.39 is 0 Å². The van der Waals surface area contributed by atoms with Gasteiger partial charge in [0.05, 0.1) is 29.9 Å². The number of rotatable bonds is 3. The van der Waals surface area contributed by atoms with Crippen LogP contribution in [0.3, 0.4) is 0 Å². The second-order valence-corrected chi connectivity index (χ2v) is 7.49. The molecule has 1 aromatic carbocycles. The van der Waals surface area contributed by atoms with Gasteiger partial charge in [-0.15, -0.1) is 0 Å². The van der Waals surface area contributed by atoms with Crippen LogP contribution >= 0.6 is 0 Å². The molecule has 4 heterocycles. The van der Waals surface area contributed by atoms with E-state index in [9.17, 15) is 4.79 Å². The van der Waals surface area contributed by atoms with Crippen molar-refractivity contribution in [1.29, 1.82) is 0 Å². The number of hydrogen-bond acceptors (Lipinski definition) is 5. The molecule has 4 aromatic rings. The second-order valence-electron chi connectivity index (χ2n) is 7.49. The molecule has 1 aliphatic rings. The molecule has 7 heteroatoms. The predicted molar refractivity (Wildman–Crippen MR) is 111 cm³/mol. The first kappa shape index (κ1) is 17.5. The zero-order chi connectivity index (χ0) is 20.0. The average Bonchev–Trinajstić information content (AvgIpc) is 3.31. The van der Waals surface area contributed by atoms with Gasteiger partial charge in [0.2, 0.25) is 0 Å². The van der Waals surface area contributed by atoms with Crippen LogP contribution in [0, 0.1) is 0 Å². The van der Waals surface area contributed by atoms with E-state index in [0.29, 0.717) is 11.4 Å². The third kappa shape index (κ3) is 3.25. The maximum absolute atomic E-state index is 12.7. The van der Waals surface area contributed by atoms with Crippen LogP contribution in [0.1, 0.15) is 21.5 Å². The van der Waals surface area contributed by atoms with Crippen LogP contribution in [0.2, 0.25) is 0 Å². The highest BCUT2D eigenvalue weighted by Gasteiger charge is 2.17. The maximum atomic E-state index is 12.7. The summed E-state index contributed by atoms with van der Waals surface area (Å²) in [4.78, 5) is 28.0. The number of pyridine rings is 2. The molecule has 0 atom stereocenters. The summed E-state index contributed by atoms with van der Waals surface area (Å²) in [5, 5.41) is 3.82. The van der Waals surface area contributed by atoms with E-state index >= 15 is 0 Å². The standard InChI is InChI=1S/C22H20N6O/c1-27-11-15-4-3-14(5-18(15)12-27)22(29)26-21-7-16-6-17(8-24-19(16)9-25-21)20-10-23-13-28(20)2/h3-10,13H,11-12H2,1-2H3,(H,25,26,29). The van der Waals surface area contributed by atoms with E-state index in [1.54, 1.807) is 24.9 Å². The highest BCUT2D eigenvalue weighted by Crippen LogP contribution is 2.25. The largest absolute Gasteiger partial charge is 0.334 e. The van der Waals surface area contributed by atoms with Crippen molar-refractivity contribution in [3.63, 3.8) is 0 Å². The van der Waals surface area contributed by atoms with Gasteiger partial charge < -0.3 is 9.88 Å². The first-order valence-electron chi connectivity index (χ1n) is 9.41. The van der Waals surface area contributed by atoms with E-state index in [2.05, 4.69) is 32.2 Å². The Kier molecular flexibility index (Phi) is 4.10. The predicted octanol–water partition coefficient (Wildman–Crippen LogP) is 3.23. The number of hydrogen-bond donors (Lipinski definition) is 1. The monoisotopic (exact) mass is 384 g/mol. The molecule has 0 bridgehead atoms. The van der Waals surface area contributed by atoms with Crippen molar-refractivity contribution in [2.45, 2.75) is 13.1 Å². The van der Waals surface area contributed by atoms with Crippen molar-refractivity contribution in [3.8, 4) is 11.3 Å². The Morgan fingerprint density at radius 2 is 1.86 bits per heavy atom. The van der Waals surface area contributed by atoms with E-state index in [-0.39, 0.29) is 5.91 Å². The highest BCUT2D eigenvalue weighted by atomic mass is 16.1. The first-order valence-corrected chi connectivity index (χ1v) is 9.41. The van der Waals surface area contributed by atoms with Gasteiger partial charge in [-0.25, -0.2) is 9.97 Å². The SMILES string of the molecule is CN1Cc2ccc(C(=O)Nc3cc4cc(-c5cncn5C)cnc4cn3)cc2C1. The average molecular weight is 384 g/mol. The minimum absolute atomic E-state index is 0.162. The van der Waals surface area contributed by atoms with Crippen LogP contribution in [-0.4, -0.2) is 37.4 Å². The fraction of sp³-hybridized carbons (Fsp3) is 0.182. The molecule has 29 heavy (non-hydrogen) atoms. The molecule has 0 aliphatic carbocycles. The zero-order valence-corrected chi connectivity index (χ0v) is 16.3. The number of nitrogens with zero attached hydrogens (tertiary/aromatic N) is 5. The molecule has 1 amide bonds. The number of benzene rings is 1. The zero-order valence-electron chi connectivity index (χ0n) is 16.3. The Labute approximate surface area is 168 Å². The fourth-order valence-electron chi connectivity index (χ4n) is 3.77. The molecule has 3 aromatic heterocycles. The summed E-state index contributed by atoms with van der Waals surface area (Å²) >= 11 is 0. The van der Waals surface area contributed by atoms with Crippen LogP contribution in [-0.2, 0) is 20.1 Å². The van der Waals surface area contributed by atoms with Crippen molar-refractivity contribution in [2.24, 2.45) is 7.05 Å². The van der Waals surface area contributed by atoms with E-state index in [1.165, 1.54) is 11.1 Å². The summed E-state index contributed by atoms with van der Waals surface area (Å²) < 4.78 is 1.94. The Balaban J connectivity index is 1.42. The third-order valence-electron chi connectivity index (χ3n) is 5.27. The first-order chi connectivity index (χ1) is 14.1. The number of amides is 1. The summed E-state index contributed by atoms with van der Waals surface area (Å²) in [5.74, 6) is 0.342. The topological polar surface area (TPSA) is 75.9 Å². The molecule has 144 valence electrons. The van der Waals surface area contributed by atoms with Gasteiger partial charge in [-0.2, -0.15) is 0 Å². The van der Waals surface area contributed by atoms with Gasteiger partial charge in [0, 0.05) is 42.8 Å². The molecular formula is C22H20N6O.